The molecule has 0 bridgehead atoms. The first-order valence-electron chi connectivity index (χ1n) is 40.3. The van der Waals surface area contributed by atoms with Crippen molar-refractivity contribution in [3.8, 4) is 0 Å². The number of pyridine rings is 2. The normalized spacial score (nSPS) is 31.1. The first-order chi connectivity index (χ1) is 59.7. The van der Waals surface area contributed by atoms with Crippen LogP contribution in [-0.4, -0.2) is 266 Å². The molecular weight excluding hydrogens is 1800 g/mol. The van der Waals surface area contributed by atoms with Gasteiger partial charge in [0.25, 0.3) is 0 Å². The summed E-state index contributed by atoms with van der Waals surface area (Å²) in [6.45, 7) is 4.36. The summed E-state index contributed by atoms with van der Waals surface area (Å²) in [7, 11) is -19.8. The number of nitrogens with zero attached hydrogens (tertiary/aromatic N) is 18. The Morgan fingerprint density at radius 1 is 0.346 bits per heavy atom. The third kappa shape index (κ3) is 17.8. The van der Waals surface area contributed by atoms with E-state index in [-0.39, 0.29) is 111 Å². The number of imidazole rings is 5. The Hall–Kier alpha value is -7.61. The van der Waals surface area contributed by atoms with Gasteiger partial charge in [0.2, 0.25) is 0 Å². The standard InChI is InChI=1S/2C14H21N5O8P2.C14H19N5O2.C14H20N4O8P2.C14H18N4O2/c2*1-7-17-12(15-2)11-13(18-7)19(6-16-11)9-3-10(27-29(23,24)25)14(4-8(9)14)5-26-28(20,21)22;1-7-17-12(15-2)11-13(18-7)19(6-16-11)9-3-10(21)14(5-20)4-8(9)14;1-15-9-2-3-16-13-12(9)17-7-18(13)10-4-11(26-28(22,23)24)14(5-8(10)14)6-25-27(19,20)21;1-15-9-2-3-16-13-12(9)17-7-18(13)10-4-11(20)14(6-19)5-8(10)14/h2*6,8-10H,3-5H2,1-2H3,(H,15,17,18)(H2,20,21,22)(H2,23,24,25);6,8-10,20-21H,3-5H2,1-2H3,(H,15,17,18);2-3,7-8,10-11H,4-6H2,1H3,(H,15,16)(H2,19,20,21)(H2,22,23,24);2-3,7-8,10-11,19-20H,4-6H2,1H3,(H,15,16)/t3*8-,9+,10+,14+;2*8-,10+,11+,14+/m11111/s1. The number of hydrogen-bond acceptors (Lipinski definition) is 34. The van der Waals surface area contributed by atoms with Crippen LogP contribution in [0.25, 0.3) is 55.8 Å². The van der Waals surface area contributed by atoms with Crippen LogP contribution in [0, 0.1) is 77.4 Å². The van der Waals surface area contributed by atoms with E-state index in [2.05, 4.69) is 110 Å². The molecule has 0 unspecified atom stereocenters. The number of rotatable bonds is 27. The van der Waals surface area contributed by atoms with Gasteiger partial charge in [0.1, 0.15) is 45.1 Å². The summed E-state index contributed by atoms with van der Waals surface area (Å²) in [6.07, 6.45) is 13.2. The summed E-state index contributed by atoms with van der Waals surface area (Å²) in [5.74, 6) is 3.73. The molecule has 20 atom stereocenters. The molecule has 0 spiro atoms. The van der Waals surface area contributed by atoms with Crippen molar-refractivity contribution in [2.75, 3.05) is 94.9 Å². The van der Waals surface area contributed by atoms with Crippen molar-refractivity contribution in [3.63, 3.8) is 0 Å². The molecule has 21 N–H and O–H groups in total. The number of anilines is 5. The predicted octanol–water partition coefficient (Wildman–Crippen LogP) is 3.70. The lowest BCUT2D eigenvalue weighted by molar-refractivity contribution is 0.0484. The Balaban J connectivity index is 0.000000118. The van der Waals surface area contributed by atoms with Gasteiger partial charge in [-0.1, -0.05) is 0 Å². The Kier molecular flexibility index (Phi) is 24.5. The minimum Gasteiger partial charge on any atom is -0.396 e. The van der Waals surface area contributed by atoms with E-state index in [1.54, 1.807) is 87.9 Å². The monoisotopic (exact) mass is 1900 g/mol. The molecule has 0 amide bonds. The summed E-state index contributed by atoms with van der Waals surface area (Å²) in [5.41, 5.74) is 5.19. The summed E-state index contributed by atoms with van der Waals surface area (Å²) in [4.78, 5) is 167. The number of phosphoric ester groups is 6. The van der Waals surface area contributed by atoms with E-state index in [1.807, 2.05) is 42.5 Å². The highest BCUT2D eigenvalue weighted by atomic mass is 31.2. The van der Waals surface area contributed by atoms with Gasteiger partial charge < -0.3 is 129 Å². The van der Waals surface area contributed by atoms with Gasteiger partial charge >= 0.3 is 46.9 Å². The predicted molar refractivity (Wildman–Crippen MR) is 445 cm³/mol. The fraction of sp³-hybridized carbons (Fsp3) is 0.614. The van der Waals surface area contributed by atoms with Gasteiger partial charge in [-0.2, -0.15) is 0 Å². The molecule has 0 radical (unpaired) electrons. The van der Waals surface area contributed by atoms with Crippen LogP contribution < -0.4 is 26.6 Å². The minimum atomic E-state index is -4.81. The third-order valence-electron chi connectivity index (χ3n) is 27.2. The van der Waals surface area contributed by atoms with Crippen molar-refractivity contribution >= 4 is 132 Å². The first kappa shape index (κ1) is 92.7. The molecule has 20 rings (SSSR count). The quantitative estimate of drug-likeness (QED) is 0.0326. The zero-order chi connectivity index (χ0) is 91.4. The second kappa shape index (κ2) is 33.6. The SMILES string of the molecule is CNc1ccnc2c1ncn2[C@H]1C[C@H](O)[C@]2(CO)C[C@H]12.CNc1ccnc2c1ncn2[C@H]1C[C@H](OP(=O)(O)O)[C@]2(COP(=O)(O)O)C[C@H]12.CNc1nc(C)nc2c1ncn2[C@H]1C[C@H](O)[C@]2(CO)C[C@H]12.CNc1nc(C)nc2c1ncn2[C@H]1C[C@H](OP(=O)(O)O)[C@]2(COP(=O)(O)O)C[C@H]12.CNc1nc(C)nc2c1ncn2[C@H]1C[C@H](OP(=O)(O)O)[C@]2(COP(=O)(O)O)C[C@H]12. The number of nitrogens with one attached hydrogen (secondary N) is 5. The molecule has 10 aliphatic rings. The van der Waals surface area contributed by atoms with E-state index in [0.29, 0.717) is 107 Å². The number of aliphatic hydroxyl groups excluding tert-OH is 4. The van der Waals surface area contributed by atoms with Crippen LogP contribution in [0.15, 0.2) is 56.2 Å². The van der Waals surface area contributed by atoms with Crippen molar-refractivity contribution in [1.29, 1.82) is 0 Å². The minimum absolute atomic E-state index is 0.0533. The van der Waals surface area contributed by atoms with Crippen molar-refractivity contribution in [2.24, 2.45) is 56.7 Å². The van der Waals surface area contributed by atoms with Crippen molar-refractivity contribution in [3.05, 3.63) is 73.6 Å². The first-order valence-corrected chi connectivity index (χ1v) is 49.5. The van der Waals surface area contributed by atoms with Crippen LogP contribution >= 0.6 is 46.9 Å². The number of aromatic nitrogens is 18. The molecule has 127 heavy (non-hydrogen) atoms. The largest absolute Gasteiger partial charge is 0.469 e. The zero-order valence-electron chi connectivity index (χ0n) is 69.3. The maximum atomic E-state index is 11.5. The number of aryl methyl sites for hydroxylation is 3. The average Bonchev–Trinajstić information content (AvgIpc) is 1.52. The smallest absolute Gasteiger partial charge is 0.396 e. The van der Waals surface area contributed by atoms with Crippen LogP contribution in [0.2, 0.25) is 0 Å². The lowest BCUT2D eigenvalue weighted by atomic mass is 10.0. The second-order valence-corrected chi connectivity index (χ2v) is 41.4. The molecular formula is C70H99N23O28P6. The third-order valence-corrected chi connectivity index (χ3v) is 30.2. The van der Waals surface area contributed by atoms with Crippen LogP contribution in [0.5, 0.6) is 0 Å². The number of aliphatic hydroxyl groups is 4. The van der Waals surface area contributed by atoms with Crippen molar-refractivity contribution in [2.45, 2.75) is 146 Å². The maximum Gasteiger partial charge on any atom is 0.469 e. The lowest BCUT2D eigenvalue weighted by Crippen LogP contribution is -2.26. The van der Waals surface area contributed by atoms with Crippen LogP contribution in [0.3, 0.4) is 0 Å². The Bertz CT molecular complexity index is 6010. The molecule has 10 aromatic heterocycles. The fourth-order valence-electron chi connectivity index (χ4n) is 20.9. The van der Waals surface area contributed by atoms with Crippen molar-refractivity contribution < 1.29 is 134 Å². The molecule has 10 aromatic rings. The van der Waals surface area contributed by atoms with Gasteiger partial charge in [0.15, 0.2) is 45.7 Å². The van der Waals surface area contributed by atoms with Crippen LogP contribution in [-0.2, 0) is 54.5 Å². The Labute approximate surface area is 720 Å². The maximum absolute atomic E-state index is 11.5. The van der Waals surface area contributed by atoms with Gasteiger partial charge in [-0.05, 0) is 127 Å². The van der Waals surface area contributed by atoms with E-state index < -0.39 is 93.7 Å². The molecule has 10 saturated carbocycles. The van der Waals surface area contributed by atoms with E-state index in [4.69, 9.17) is 42.9 Å². The molecule has 10 fully saturated rings. The highest BCUT2D eigenvalue weighted by Crippen LogP contribution is 2.75. The molecule has 0 saturated heterocycles. The van der Waals surface area contributed by atoms with Gasteiger partial charge in [-0.3, -0.25) is 27.1 Å². The van der Waals surface area contributed by atoms with Crippen molar-refractivity contribution in [1.82, 2.24) is 87.6 Å². The summed E-state index contributed by atoms with van der Waals surface area (Å²) in [6, 6.07) is 3.20. The molecule has 57 heteroatoms. The van der Waals surface area contributed by atoms with E-state index in [0.717, 1.165) is 52.4 Å². The van der Waals surface area contributed by atoms with Crippen LogP contribution in [0.1, 0.15) is 112 Å². The molecule has 692 valence electrons. The molecule has 0 aliphatic heterocycles. The molecule has 10 heterocycles. The van der Waals surface area contributed by atoms with Gasteiger partial charge in [-0.15, -0.1) is 0 Å². The van der Waals surface area contributed by atoms with E-state index in [1.165, 1.54) is 0 Å². The molecule has 0 aromatic carbocycles. The topological polar surface area (TPSA) is 734 Å². The number of fused-ring (bicyclic) bond motifs is 10. The average molecular weight is 1900 g/mol. The fourth-order valence-corrected chi connectivity index (χ4v) is 24.0. The number of phosphoric acid groups is 6. The number of hydrogen-bond donors (Lipinski definition) is 21. The summed E-state index contributed by atoms with van der Waals surface area (Å²) >= 11 is 0. The van der Waals surface area contributed by atoms with Crippen LogP contribution in [0.4, 0.5) is 28.8 Å². The Morgan fingerprint density at radius 3 is 0.835 bits per heavy atom. The van der Waals surface area contributed by atoms with E-state index in [9.17, 15) is 77.2 Å². The zero-order valence-corrected chi connectivity index (χ0v) is 74.6. The summed E-state index contributed by atoms with van der Waals surface area (Å²) < 4.78 is 106. The molecule has 10 aliphatic carbocycles. The van der Waals surface area contributed by atoms with Gasteiger partial charge in [0, 0.05) is 105 Å². The highest BCUT2D eigenvalue weighted by Gasteiger charge is 2.74. The highest BCUT2D eigenvalue weighted by molar-refractivity contribution is 7.47. The molecule has 51 nitrogen and oxygen atoms in total. The lowest BCUT2D eigenvalue weighted by Gasteiger charge is -2.24. The van der Waals surface area contributed by atoms with Gasteiger partial charge in [-0.25, -0.2) is 92.2 Å². The second-order valence-electron chi connectivity index (χ2n) is 34.1. The van der Waals surface area contributed by atoms with E-state index >= 15 is 0 Å². The Morgan fingerprint density at radius 2 is 0.598 bits per heavy atom. The summed E-state index contributed by atoms with van der Waals surface area (Å²) in [5, 5.41) is 54.7. The van der Waals surface area contributed by atoms with Gasteiger partial charge in [0.05, 0.1) is 107 Å².